The molecule has 0 spiro atoms. The SMILES string of the molecule is Nc1nccs1.O=c1ccoc2ccccc12. The number of nitrogen functional groups attached to an aromatic ring is 1. The van der Waals surface area contributed by atoms with Crippen LogP contribution in [0.25, 0.3) is 11.0 Å². The Morgan fingerprint density at radius 1 is 1.24 bits per heavy atom. The van der Waals surface area contributed by atoms with E-state index in [1.54, 1.807) is 18.3 Å². The molecule has 0 aliphatic heterocycles. The van der Waals surface area contributed by atoms with Gasteiger partial charge in [0.1, 0.15) is 5.58 Å². The molecule has 2 heterocycles. The first-order valence-corrected chi connectivity index (χ1v) is 5.77. The Morgan fingerprint density at radius 2 is 2.06 bits per heavy atom. The zero-order valence-electron chi connectivity index (χ0n) is 8.87. The van der Waals surface area contributed by atoms with Crippen molar-refractivity contribution in [3.63, 3.8) is 0 Å². The quantitative estimate of drug-likeness (QED) is 0.661. The molecule has 3 rings (SSSR count). The third-order valence-corrected chi connectivity index (χ3v) is 2.62. The van der Waals surface area contributed by atoms with Crippen LogP contribution in [0.1, 0.15) is 0 Å². The van der Waals surface area contributed by atoms with Crippen LogP contribution in [0.15, 0.2) is 57.4 Å². The maximum absolute atomic E-state index is 11.1. The van der Waals surface area contributed by atoms with Crippen LogP contribution in [-0.2, 0) is 0 Å². The van der Waals surface area contributed by atoms with Gasteiger partial charge in [0.05, 0.1) is 11.6 Å². The molecule has 2 N–H and O–H groups in total. The Hall–Kier alpha value is -2.14. The predicted octanol–water partition coefficient (Wildman–Crippen LogP) is 2.52. The average Bonchev–Trinajstić information content (AvgIpc) is 2.82. The van der Waals surface area contributed by atoms with Gasteiger partial charge in [-0.1, -0.05) is 12.1 Å². The summed E-state index contributed by atoms with van der Waals surface area (Å²) in [5, 5.41) is 3.11. The van der Waals surface area contributed by atoms with E-state index in [-0.39, 0.29) is 5.43 Å². The number of fused-ring (bicyclic) bond motifs is 1. The minimum atomic E-state index is 0.00634. The van der Waals surface area contributed by atoms with E-state index in [2.05, 4.69) is 4.98 Å². The molecule has 0 amide bonds. The predicted molar refractivity (Wildman–Crippen MR) is 69.0 cm³/mol. The van der Waals surface area contributed by atoms with E-state index < -0.39 is 0 Å². The third kappa shape index (κ3) is 2.92. The van der Waals surface area contributed by atoms with E-state index in [0.29, 0.717) is 16.1 Å². The monoisotopic (exact) mass is 246 g/mol. The number of nitrogens with two attached hydrogens (primary N) is 1. The van der Waals surface area contributed by atoms with Gasteiger partial charge < -0.3 is 10.2 Å². The lowest BCUT2D eigenvalue weighted by atomic mass is 10.2. The Labute approximate surface area is 101 Å². The van der Waals surface area contributed by atoms with Gasteiger partial charge in [-0.25, -0.2) is 4.98 Å². The standard InChI is InChI=1S/C9H6O2.C3H4N2S/c10-8-5-6-11-9-4-2-1-3-7(8)9;4-3-5-1-2-6-3/h1-6H;1-2H,(H2,4,5). The second kappa shape index (κ2) is 5.27. The smallest absolute Gasteiger partial charge is 0.192 e. The van der Waals surface area contributed by atoms with Gasteiger partial charge in [0.25, 0.3) is 0 Å². The van der Waals surface area contributed by atoms with Gasteiger partial charge in [-0.15, -0.1) is 11.3 Å². The highest BCUT2D eigenvalue weighted by Gasteiger charge is 1.95. The Balaban J connectivity index is 0.000000153. The molecular formula is C12H10N2O2S. The van der Waals surface area contributed by atoms with E-state index in [9.17, 15) is 4.79 Å². The van der Waals surface area contributed by atoms with Crippen molar-refractivity contribution in [1.82, 2.24) is 4.98 Å². The fourth-order valence-corrected chi connectivity index (χ4v) is 1.65. The Kier molecular flexibility index (Phi) is 3.52. The van der Waals surface area contributed by atoms with Crippen molar-refractivity contribution in [2.24, 2.45) is 0 Å². The van der Waals surface area contributed by atoms with Crippen LogP contribution in [-0.4, -0.2) is 4.98 Å². The van der Waals surface area contributed by atoms with Gasteiger partial charge in [0.15, 0.2) is 10.6 Å². The van der Waals surface area contributed by atoms with Crippen molar-refractivity contribution in [3.05, 3.63) is 58.4 Å². The zero-order chi connectivity index (χ0) is 12.1. The molecule has 17 heavy (non-hydrogen) atoms. The van der Waals surface area contributed by atoms with Gasteiger partial charge in [-0.2, -0.15) is 0 Å². The molecule has 0 aliphatic carbocycles. The van der Waals surface area contributed by atoms with Crippen molar-refractivity contribution in [2.45, 2.75) is 0 Å². The van der Waals surface area contributed by atoms with Crippen molar-refractivity contribution < 1.29 is 4.42 Å². The first-order valence-electron chi connectivity index (χ1n) is 4.89. The van der Waals surface area contributed by atoms with Crippen LogP contribution in [0.4, 0.5) is 5.13 Å². The molecule has 0 aliphatic rings. The molecule has 1 aromatic carbocycles. The molecule has 5 heteroatoms. The second-order valence-corrected chi connectivity index (χ2v) is 4.08. The lowest BCUT2D eigenvalue weighted by Gasteiger charge is -1.91. The van der Waals surface area contributed by atoms with E-state index in [1.165, 1.54) is 23.7 Å². The normalized spacial score (nSPS) is 9.65. The summed E-state index contributed by atoms with van der Waals surface area (Å²) in [5.74, 6) is 0. The minimum Gasteiger partial charge on any atom is -0.464 e. The number of rotatable bonds is 0. The highest BCUT2D eigenvalue weighted by molar-refractivity contribution is 7.13. The first kappa shape index (κ1) is 11.3. The summed E-state index contributed by atoms with van der Waals surface area (Å²) in [5.41, 5.74) is 5.83. The Bertz CT molecular complexity index is 641. The molecule has 0 saturated carbocycles. The van der Waals surface area contributed by atoms with Crippen LogP contribution < -0.4 is 11.2 Å². The van der Waals surface area contributed by atoms with Gasteiger partial charge in [-0.3, -0.25) is 4.79 Å². The molecular weight excluding hydrogens is 236 g/mol. The van der Waals surface area contributed by atoms with Crippen molar-refractivity contribution in [2.75, 3.05) is 5.73 Å². The van der Waals surface area contributed by atoms with Crippen molar-refractivity contribution in [1.29, 1.82) is 0 Å². The number of hydrogen-bond donors (Lipinski definition) is 1. The summed E-state index contributed by atoms with van der Waals surface area (Å²) in [7, 11) is 0. The minimum absolute atomic E-state index is 0.00634. The second-order valence-electron chi connectivity index (χ2n) is 3.15. The topological polar surface area (TPSA) is 69.1 Å². The number of nitrogens with zero attached hydrogens (tertiary/aromatic N) is 1. The number of para-hydroxylation sites is 1. The molecule has 0 radical (unpaired) electrons. The summed E-state index contributed by atoms with van der Waals surface area (Å²) in [4.78, 5) is 14.8. The van der Waals surface area contributed by atoms with E-state index in [0.717, 1.165) is 0 Å². The molecule has 2 aromatic heterocycles. The number of aromatic nitrogens is 1. The number of anilines is 1. The summed E-state index contributed by atoms with van der Waals surface area (Å²) in [6, 6.07) is 8.60. The fourth-order valence-electron chi connectivity index (χ4n) is 1.27. The highest BCUT2D eigenvalue weighted by Crippen LogP contribution is 2.06. The van der Waals surface area contributed by atoms with Crippen molar-refractivity contribution >= 4 is 27.4 Å². The Morgan fingerprint density at radius 3 is 2.65 bits per heavy atom. The van der Waals surface area contributed by atoms with Crippen LogP contribution in [0.3, 0.4) is 0 Å². The van der Waals surface area contributed by atoms with Crippen LogP contribution in [0.5, 0.6) is 0 Å². The molecule has 3 aromatic rings. The van der Waals surface area contributed by atoms with Gasteiger partial charge >= 0.3 is 0 Å². The van der Waals surface area contributed by atoms with Crippen LogP contribution >= 0.6 is 11.3 Å². The fraction of sp³-hybridized carbons (Fsp3) is 0. The maximum Gasteiger partial charge on any atom is 0.192 e. The largest absolute Gasteiger partial charge is 0.464 e. The van der Waals surface area contributed by atoms with Gasteiger partial charge in [0, 0.05) is 17.6 Å². The number of benzene rings is 1. The first-order chi connectivity index (χ1) is 8.27. The molecule has 4 nitrogen and oxygen atoms in total. The maximum atomic E-state index is 11.1. The summed E-state index contributed by atoms with van der Waals surface area (Å²) in [6.45, 7) is 0. The van der Waals surface area contributed by atoms with E-state index in [1.807, 2.05) is 17.5 Å². The molecule has 0 bridgehead atoms. The number of hydrogen-bond acceptors (Lipinski definition) is 5. The van der Waals surface area contributed by atoms with Gasteiger partial charge in [-0.05, 0) is 12.1 Å². The molecule has 0 fully saturated rings. The highest BCUT2D eigenvalue weighted by atomic mass is 32.1. The molecule has 0 atom stereocenters. The zero-order valence-corrected chi connectivity index (χ0v) is 9.68. The lowest BCUT2D eigenvalue weighted by molar-refractivity contribution is 0.602. The molecule has 0 saturated heterocycles. The van der Waals surface area contributed by atoms with Gasteiger partial charge in [0.2, 0.25) is 0 Å². The summed E-state index contributed by atoms with van der Waals surface area (Å²) < 4.78 is 5.09. The van der Waals surface area contributed by atoms with Crippen molar-refractivity contribution in [3.8, 4) is 0 Å². The summed E-state index contributed by atoms with van der Waals surface area (Å²) in [6.07, 6.45) is 3.09. The van der Waals surface area contributed by atoms with Crippen LogP contribution in [0.2, 0.25) is 0 Å². The number of thiazole rings is 1. The lowest BCUT2D eigenvalue weighted by Crippen LogP contribution is -1.96. The molecule has 0 unspecified atom stereocenters. The van der Waals surface area contributed by atoms with Crippen LogP contribution in [0, 0.1) is 0 Å². The van der Waals surface area contributed by atoms with E-state index in [4.69, 9.17) is 10.2 Å². The molecule has 86 valence electrons. The third-order valence-electron chi connectivity index (χ3n) is 2.02. The van der Waals surface area contributed by atoms with E-state index >= 15 is 0 Å². The average molecular weight is 246 g/mol. The summed E-state index contributed by atoms with van der Waals surface area (Å²) >= 11 is 1.44.